The van der Waals surface area contributed by atoms with Crippen molar-refractivity contribution in [3.63, 3.8) is 0 Å². The van der Waals surface area contributed by atoms with Crippen LogP contribution in [0.2, 0.25) is 0 Å². The highest BCUT2D eigenvalue weighted by atomic mass is 32.2. The average molecular weight is 375 g/mol. The average Bonchev–Trinajstić information content (AvgIpc) is 3.07. The van der Waals surface area contributed by atoms with E-state index in [2.05, 4.69) is 24.2 Å². The lowest BCUT2D eigenvalue weighted by atomic mass is 9.98. The molecule has 1 aliphatic rings. The Morgan fingerprint density at radius 2 is 2.12 bits per heavy atom. The predicted molar refractivity (Wildman–Crippen MR) is 94.4 cm³/mol. The molecule has 0 fully saturated rings. The van der Waals surface area contributed by atoms with Gasteiger partial charge in [0, 0.05) is 31.9 Å². The minimum atomic E-state index is -3.76. The smallest absolute Gasteiger partial charge is 0.326 e. The van der Waals surface area contributed by atoms with Gasteiger partial charge in [-0.25, -0.2) is 22.9 Å². The maximum absolute atomic E-state index is 12.6. The number of hydrogen-bond donors (Lipinski definition) is 3. The van der Waals surface area contributed by atoms with Gasteiger partial charge in [-0.05, 0) is 30.5 Å². The molecular weight excluding hydrogens is 358 g/mol. The molecule has 3 N–H and O–H groups in total. The molecule has 1 aliphatic heterocycles. The number of sulfonamides is 1. The Bertz CT molecular complexity index is 1190. The van der Waals surface area contributed by atoms with E-state index in [1.165, 1.54) is 18.2 Å². The van der Waals surface area contributed by atoms with E-state index in [1.54, 1.807) is 6.20 Å². The van der Waals surface area contributed by atoms with Crippen molar-refractivity contribution in [3.05, 3.63) is 57.3 Å². The summed E-state index contributed by atoms with van der Waals surface area (Å²) >= 11 is 0. The van der Waals surface area contributed by atoms with Crippen LogP contribution in [-0.2, 0) is 23.0 Å². The Balaban J connectivity index is 1.54. The number of aromatic nitrogens is 4. The molecule has 0 aliphatic carbocycles. The number of aryl methyl sites for hydroxylation is 1. The normalized spacial score (nSPS) is 17.3. The fraction of sp³-hybridized carbons (Fsp3) is 0.312. The molecule has 1 aromatic carbocycles. The molecule has 0 saturated carbocycles. The highest BCUT2D eigenvalue weighted by Crippen LogP contribution is 2.20. The summed E-state index contributed by atoms with van der Waals surface area (Å²) in [5.41, 5.74) is -0.969. The van der Waals surface area contributed by atoms with Gasteiger partial charge < -0.3 is 9.55 Å². The van der Waals surface area contributed by atoms with Crippen molar-refractivity contribution in [2.45, 2.75) is 24.3 Å². The van der Waals surface area contributed by atoms with Crippen LogP contribution in [0.15, 0.2) is 45.1 Å². The third-order valence-electron chi connectivity index (χ3n) is 4.63. The van der Waals surface area contributed by atoms with Crippen molar-refractivity contribution < 1.29 is 8.42 Å². The summed E-state index contributed by atoms with van der Waals surface area (Å²) in [7, 11) is -3.76. The van der Waals surface area contributed by atoms with E-state index in [-0.39, 0.29) is 21.7 Å². The molecule has 0 saturated heterocycles. The quantitative estimate of drug-likeness (QED) is 0.589. The lowest BCUT2D eigenvalue weighted by Gasteiger charge is -2.23. The second-order valence-electron chi connectivity index (χ2n) is 6.36. The van der Waals surface area contributed by atoms with Crippen LogP contribution < -0.4 is 16.0 Å². The van der Waals surface area contributed by atoms with Crippen LogP contribution in [0.25, 0.3) is 10.9 Å². The third kappa shape index (κ3) is 3.08. The van der Waals surface area contributed by atoms with Crippen molar-refractivity contribution in [2.24, 2.45) is 5.92 Å². The van der Waals surface area contributed by atoms with Gasteiger partial charge in [-0.15, -0.1) is 0 Å². The van der Waals surface area contributed by atoms with Crippen LogP contribution in [-0.4, -0.2) is 34.5 Å². The van der Waals surface area contributed by atoms with E-state index in [9.17, 15) is 18.0 Å². The first-order valence-electron chi connectivity index (χ1n) is 8.18. The molecular formula is C16H17N5O4S. The predicted octanol–water partition coefficient (Wildman–Crippen LogP) is -0.0462. The number of H-pyrrole nitrogens is 2. The number of aromatic amines is 2. The Morgan fingerprint density at radius 3 is 2.96 bits per heavy atom. The Hall–Kier alpha value is -2.72. The number of imidazole rings is 1. The number of nitrogens with one attached hydrogen (secondary N) is 3. The molecule has 136 valence electrons. The van der Waals surface area contributed by atoms with Gasteiger partial charge in [0.15, 0.2) is 0 Å². The largest absolute Gasteiger partial charge is 0.335 e. The summed E-state index contributed by atoms with van der Waals surface area (Å²) in [6.45, 7) is 1.12. The fourth-order valence-electron chi connectivity index (χ4n) is 3.21. The lowest BCUT2D eigenvalue weighted by Crippen LogP contribution is -2.33. The minimum absolute atomic E-state index is 0.0140. The van der Waals surface area contributed by atoms with Crippen molar-refractivity contribution in [1.82, 2.24) is 24.2 Å². The SMILES string of the molecule is O=c1[nH]c(=O)c2cc(S(=O)(=O)NCC3CCn4ccnc4C3)ccc2[nH]1. The van der Waals surface area contributed by atoms with Crippen LogP contribution in [0, 0.1) is 5.92 Å². The Labute approximate surface area is 148 Å². The zero-order chi connectivity index (χ0) is 18.3. The van der Waals surface area contributed by atoms with Gasteiger partial charge in [0.2, 0.25) is 10.0 Å². The number of hydrogen-bond acceptors (Lipinski definition) is 5. The van der Waals surface area contributed by atoms with Crippen molar-refractivity contribution in [1.29, 1.82) is 0 Å². The van der Waals surface area contributed by atoms with E-state index in [1.807, 2.05) is 6.20 Å². The van der Waals surface area contributed by atoms with Crippen molar-refractivity contribution in [2.75, 3.05) is 6.54 Å². The monoisotopic (exact) mass is 375 g/mol. The van der Waals surface area contributed by atoms with E-state index in [0.717, 1.165) is 18.8 Å². The molecule has 0 radical (unpaired) electrons. The summed E-state index contributed by atoms with van der Waals surface area (Å²) in [5, 5.41) is 0.118. The molecule has 1 unspecified atom stereocenters. The fourth-order valence-corrected chi connectivity index (χ4v) is 4.35. The standard InChI is InChI=1S/C16H17N5O4S/c22-15-12-8-11(1-2-13(12)19-16(23)20-15)26(24,25)18-9-10-3-5-21-6-4-17-14(21)7-10/h1-2,4,6,8,10,18H,3,5,7,9H2,(H2,19,20,22,23). The van der Waals surface area contributed by atoms with Crippen LogP contribution in [0.4, 0.5) is 0 Å². The zero-order valence-electron chi connectivity index (χ0n) is 13.7. The van der Waals surface area contributed by atoms with Crippen molar-refractivity contribution in [3.8, 4) is 0 Å². The van der Waals surface area contributed by atoms with Crippen LogP contribution in [0.1, 0.15) is 12.2 Å². The highest BCUT2D eigenvalue weighted by Gasteiger charge is 2.22. The number of rotatable bonds is 4. The topological polar surface area (TPSA) is 130 Å². The first-order chi connectivity index (χ1) is 12.4. The van der Waals surface area contributed by atoms with Gasteiger partial charge in [-0.2, -0.15) is 0 Å². The summed E-state index contributed by atoms with van der Waals surface area (Å²) in [6.07, 6.45) is 5.25. The summed E-state index contributed by atoms with van der Waals surface area (Å²) in [5.74, 6) is 1.13. The Morgan fingerprint density at radius 1 is 1.27 bits per heavy atom. The van der Waals surface area contributed by atoms with Gasteiger partial charge in [0.1, 0.15) is 5.82 Å². The molecule has 0 bridgehead atoms. The number of nitrogens with zero attached hydrogens (tertiary/aromatic N) is 2. The molecule has 0 amide bonds. The van der Waals surface area contributed by atoms with Crippen LogP contribution in [0.5, 0.6) is 0 Å². The van der Waals surface area contributed by atoms with Gasteiger partial charge in [-0.1, -0.05) is 0 Å². The first kappa shape index (κ1) is 16.7. The molecule has 4 rings (SSSR count). The molecule has 2 aromatic heterocycles. The molecule has 1 atom stereocenters. The molecule has 26 heavy (non-hydrogen) atoms. The van der Waals surface area contributed by atoms with E-state index in [0.29, 0.717) is 13.0 Å². The number of benzene rings is 1. The highest BCUT2D eigenvalue weighted by molar-refractivity contribution is 7.89. The van der Waals surface area contributed by atoms with Gasteiger partial charge in [0.05, 0.1) is 15.8 Å². The zero-order valence-corrected chi connectivity index (χ0v) is 14.5. The third-order valence-corrected chi connectivity index (χ3v) is 6.06. The van der Waals surface area contributed by atoms with E-state index in [4.69, 9.17) is 0 Å². The Kier molecular flexibility index (Phi) is 4.00. The van der Waals surface area contributed by atoms with E-state index >= 15 is 0 Å². The van der Waals surface area contributed by atoms with Gasteiger partial charge >= 0.3 is 5.69 Å². The molecule has 3 aromatic rings. The van der Waals surface area contributed by atoms with Gasteiger partial charge in [-0.3, -0.25) is 9.78 Å². The van der Waals surface area contributed by atoms with Crippen LogP contribution in [0.3, 0.4) is 0 Å². The first-order valence-corrected chi connectivity index (χ1v) is 9.67. The molecule has 9 nitrogen and oxygen atoms in total. The van der Waals surface area contributed by atoms with Gasteiger partial charge in [0.25, 0.3) is 5.56 Å². The summed E-state index contributed by atoms with van der Waals surface area (Å²) < 4.78 is 29.8. The summed E-state index contributed by atoms with van der Waals surface area (Å²) in [4.78, 5) is 32.0. The van der Waals surface area contributed by atoms with E-state index < -0.39 is 21.3 Å². The second-order valence-corrected chi connectivity index (χ2v) is 8.13. The molecule has 3 heterocycles. The maximum Gasteiger partial charge on any atom is 0.326 e. The maximum atomic E-state index is 12.6. The molecule has 10 heteroatoms. The minimum Gasteiger partial charge on any atom is -0.335 e. The van der Waals surface area contributed by atoms with Crippen LogP contribution >= 0.6 is 0 Å². The summed E-state index contributed by atoms with van der Waals surface area (Å²) in [6, 6.07) is 4.05. The lowest BCUT2D eigenvalue weighted by molar-refractivity contribution is 0.379. The second kappa shape index (κ2) is 6.22. The number of fused-ring (bicyclic) bond motifs is 2. The van der Waals surface area contributed by atoms with Crippen molar-refractivity contribution >= 4 is 20.9 Å². The molecule has 0 spiro atoms.